The Kier molecular flexibility index (Phi) is 7.07. The molecule has 0 atom stereocenters. The fraction of sp³-hybridized carbons (Fsp3) is 0.381. The smallest absolute Gasteiger partial charge is 0.409 e. The van der Waals surface area contributed by atoms with E-state index in [0.29, 0.717) is 11.3 Å². The molecule has 0 unspecified atom stereocenters. The molecular weight excluding hydrogens is 378 g/mol. The van der Waals surface area contributed by atoms with Crippen molar-refractivity contribution in [3.63, 3.8) is 0 Å². The van der Waals surface area contributed by atoms with Gasteiger partial charge in [0.25, 0.3) is 0 Å². The van der Waals surface area contributed by atoms with E-state index in [-0.39, 0.29) is 24.0 Å². The Hall–Kier alpha value is -2.54. The summed E-state index contributed by atoms with van der Waals surface area (Å²) < 4.78 is 37.6. The summed E-state index contributed by atoms with van der Waals surface area (Å²) >= 11 is 0. The molecule has 0 aromatic heterocycles. The molecule has 0 spiro atoms. The summed E-state index contributed by atoms with van der Waals surface area (Å²) in [7, 11) is -2.83. The van der Waals surface area contributed by atoms with Gasteiger partial charge in [0, 0.05) is 5.56 Å². The molecule has 28 heavy (non-hydrogen) atoms. The number of methoxy groups -OCH3 is 1. The van der Waals surface area contributed by atoms with E-state index in [1.165, 1.54) is 7.11 Å². The van der Waals surface area contributed by atoms with Gasteiger partial charge in [-0.25, -0.2) is 4.72 Å². The molecule has 1 N–H and O–H groups in total. The molecule has 0 saturated heterocycles. The molecule has 0 radical (unpaired) electrons. The van der Waals surface area contributed by atoms with Crippen LogP contribution < -0.4 is 13.6 Å². The van der Waals surface area contributed by atoms with Gasteiger partial charge in [-0.2, -0.15) is 8.42 Å². The highest BCUT2D eigenvalue weighted by molar-refractivity contribution is 7.85. The Morgan fingerprint density at radius 1 is 0.964 bits per heavy atom. The zero-order valence-corrected chi connectivity index (χ0v) is 17.7. The van der Waals surface area contributed by atoms with E-state index in [1.807, 2.05) is 50.6 Å². The minimum Gasteiger partial charge on any atom is -0.496 e. The normalized spacial score (nSPS) is 11.5. The third-order valence-electron chi connectivity index (χ3n) is 4.30. The number of carbonyl (C=O) groups excluding carboxylic acids is 1. The van der Waals surface area contributed by atoms with Crippen LogP contribution in [-0.2, 0) is 21.5 Å². The average molecular weight is 406 g/mol. The number of hydrogen-bond donors (Lipinski definition) is 1. The predicted molar refractivity (Wildman–Crippen MR) is 109 cm³/mol. The Balaban J connectivity index is 2.23. The summed E-state index contributed by atoms with van der Waals surface area (Å²) in [5.41, 5.74) is 2.13. The topological polar surface area (TPSA) is 81.7 Å². The van der Waals surface area contributed by atoms with Gasteiger partial charge in [-0.15, -0.1) is 0 Å². The van der Waals surface area contributed by atoms with E-state index in [4.69, 9.17) is 8.92 Å². The summed E-state index contributed by atoms with van der Waals surface area (Å²) in [6.45, 7) is 7.83. The molecular formula is C21H27NO5S. The summed E-state index contributed by atoms with van der Waals surface area (Å²) in [5.74, 6) is 0.229. The van der Waals surface area contributed by atoms with Crippen LogP contribution in [0.15, 0.2) is 42.5 Å². The van der Waals surface area contributed by atoms with Crippen LogP contribution >= 0.6 is 0 Å². The maximum absolute atomic E-state index is 12.5. The molecule has 7 heteroatoms. The maximum atomic E-state index is 12.5. The molecule has 0 aliphatic heterocycles. The SMILES string of the molecule is COc1ccccc1CC(=O)NS(=O)(=O)Oc1c(C(C)C)cccc1C(C)C. The zero-order valence-electron chi connectivity index (χ0n) is 16.9. The van der Waals surface area contributed by atoms with Crippen LogP contribution in [0.4, 0.5) is 0 Å². The first-order valence-electron chi connectivity index (χ1n) is 9.14. The Morgan fingerprint density at radius 3 is 2.07 bits per heavy atom. The van der Waals surface area contributed by atoms with Crippen molar-refractivity contribution in [1.82, 2.24) is 4.72 Å². The lowest BCUT2D eigenvalue weighted by Gasteiger charge is -2.19. The molecule has 0 heterocycles. The second-order valence-corrected chi connectivity index (χ2v) is 8.41. The Bertz CT molecular complexity index is 909. The van der Waals surface area contributed by atoms with Gasteiger partial charge in [0.2, 0.25) is 5.91 Å². The highest BCUT2D eigenvalue weighted by Crippen LogP contribution is 2.35. The molecule has 0 saturated carbocycles. The molecule has 2 rings (SSSR count). The van der Waals surface area contributed by atoms with Crippen molar-refractivity contribution in [3.05, 3.63) is 59.2 Å². The van der Waals surface area contributed by atoms with Crippen molar-refractivity contribution in [3.8, 4) is 11.5 Å². The monoisotopic (exact) mass is 405 g/mol. The minimum absolute atomic E-state index is 0.0631. The molecule has 0 aliphatic carbocycles. The van der Waals surface area contributed by atoms with E-state index in [9.17, 15) is 13.2 Å². The molecule has 0 fully saturated rings. The maximum Gasteiger partial charge on any atom is 0.409 e. The average Bonchev–Trinajstić information content (AvgIpc) is 2.60. The van der Waals surface area contributed by atoms with E-state index in [0.717, 1.165) is 11.1 Å². The zero-order chi connectivity index (χ0) is 20.9. The summed E-state index contributed by atoms with van der Waals surface area (Å²) in [4.78, 5) is 12.3. The van der Waals surface area contributed by atoms with Crippen molar-refractivity contribution >= 4 is 16.2 Å². The number of carbonyl (C=O) groups is 1. The van der Waals surface area contributed by atoms with Crippen LogP contribution in [0.2, 0.25) is 0 Å². The fourth-order valence-corrected chi connectivity index (χ4v) is 3.71. The van der Waals surface area contributed by atoms with Crippen molar-refractivity contribution in [1.29, 1.82) is 0 Å². The lowest BCUT2D eigenvalue weighted by molar-refractivity contribution is -0.118. The van der Waals surface area contributed by atoms with E-state index in [2.05, 4.69) is 0 Å². The third kappa shape index (κ3) is 5.48. The molecule has 0 aliphatic rings. The standard InChI is InChI=1S/C21H27NO5S/c1-14(2)17-10-8-11-18(15(3)4)21(17)27-28(24,25)22-20(23)13-16-9-6-7-12-19(16)26-5/h6-12,14-15H,13H2,1-5H3,(H,22,23). The largest absolute Gasteiger partial charge is 0.496 e. The van der Waals surface area contributed by atoms with Gasteiger partial charge in [0.05, 0.1) is 13.5 Å². The molecule has 6 nitrogen and oxygen atoms in total. The molecule has 1 amide bonds. The van der Waals surface area contributed by atoms with Gasteiger partial charge < -0.3 is 8.92 Å². The van der Waals surface area contributed by atoms with Crippen LogP contribution in [0, 0.1) is 0 Å². The van der Waals surface area contributed by atoms with E-state index >= 15 is 0 Å². The molecule has 0 bridgehead atoms. The van der Waals surface area contributed by atoms with Gasteiger partial charge >= 0.3 is 10.3 Å². The van der Waals surface area contributed by atoms with Crippen molar-refractivity contribution < 1.29 is 22.1 Å². The third-order valence-corrected chi connectivity index (χ3v) is 5.16. The predicted octanol–water partition coefficient (Wildman–Crippen LogP) is 3.92. The fourth-order valence-electron chi connectivity index (χ4n) is 2.91. The Morgan fingerprint density at radius 2 is 1.54 bits per heavy atom. The van der Waals surface area contributed by atoms with Crippen LogP contribution in [0.3, 0.4) is 0 Å². The minimum atomic E-state index is -4.33. The first-order valence-corrected chi connectivity index (χ1v) is 10.5. The quantitative estimate of drug-likeness (QED) is 0.720. The lowest BCUT2D eigenvalue weighted by atomic mass is 9.94. The van der Waals surface area contributed by atoms with Crippen molar-refractivity contribution in [2.45, 2.75) is 46.0 Å². The first kappa shape index (κ1) is 21.8. The summed E-state index contributed by atoms with van der Waals surface area (Å²) in [5, 5.41) is 0. The van der Waals surface area contributed by atoms with Crippen LogP contribution in [0.25, 0.3) is 0 Å². The highest BCUT2D eigenvalue weighted by atomic mass is 32.2. The summed E-state index contributed by atoms with van der Waals surface area (Å²) in [6, 6.07) is 12.5. The van der Waals surface area contributed by atoms with Crippen LogP contribution in [0.5, 0.6) is 11.5 Å². The number of hydrogen-bond acceptors (Lipinski definition) is 5. The van der Waals surface area contributed by atoms with Gasteiger partial charge in [-0.1, -0.05) is 64.1 Å². The lowest BCUT2D eigenvalue weighted by Crippen LogP contribution is -2.35. The second-order valence-electron chi connectivity index (χ2n) is 7.13. The van der Waals surface area contributed by atoms with Gasteiger partial charge in [-0.05, 0) is 29.0 Å². The van der Waals surface area contributed by atoms with Gasteiger partial charge in [0.15, 0.2) is 5.75 Å². The van der Waals surface area contributed by atoms with E-state index < -0.39 is 16.2 Å². The van der Waals surface area contributed by atoms with E-state index in [1.54, 1.807) is 24.3 Å². The van der Waals surface area contributed by atoms with Crippen molar-refractivity contribution in [2.75, 3.05) is 7.11 Å². The van der Waals surface area contributed by atoms with Gasteiger partial charge in [0.1, 0.15) is 5.75 Å². The molecule has 2 aromatic rings. The number of amides is 1. The van der Waals surface area contributed by atoms with Crippen LogP contribution in [-0.4, -0.2) is 21.4 Å². The molecule has 152 valence electrons. The van der Waals surface area contributed by atoms with Gasteiger partial charge in [-0.3, -0.25) is 4.79 Å². The number of benzene rings is 2. The first-order chi connectivity index (χ1) is 13.1. The summed E-state index contributed by atoms with van der Waals surface area (Å²) in [6.07, 6.45) is -0.143. The number of ether oxygens (including phenoxy) is 1. The molecule has 2 aromatic carbocycles. The van der Waals surface area contributed by atoms with Crippen molar-refractivity contribution in [2.24, 2.45) is 0 Å². The Labute approximate surface area is 167 Å². The number of nitrogens with one attached hydrogen (secondary N) is 1. The highest BCUT2D eigenvalue weighted by Gasteiger charge is 2.23. The number of rotatable bonds is 8. The number of para-hydroxylation sites is 2. The van der Waals surface area contributed by atoms with Crippen LogP contribution in [0.1, 0.15) is 56.2 Å². The second kappa shape index (κ2) is 9.10.